The highest BCUT2D eigenvalue weighted by Crippen LogP contribution is 2.16. The number of allylic oxidation sites excluding steroid dienone is 8. The second-order valence-corrected chi connectivity index (χ2v) is 20.3. The van der Waals surface area contributed by atoms with Gasteiger partial charge in [0.1, 0.15) is 6.61 Å². The van der Waals surface area contributed by atoms with E-state index in [2.05, 4.69) is 69.4 Å². The van der Waals surface area contributed by atoms with Crippen molar-refractivity contribution in [2.45, 2.75) is 322 Å². The number of unbranched alkanes of at least 4 members (excludes halogenated alkanes) is 37. The lowest BCUT2D eigenvalue weighted by atomic mass is 10.0. The molecule has 0 aromatic heterocycles. The van der Waals surface area contributed by atoms with Gasteiger partial charge in [0.15, 0.2) is 6.10 Å². The Bertz CT molecular complexity index is 1120. The first kappa shape index (κ1) is 65.9. The van der Waals surface area contributed by atoms with Crippen molar-refractivity contribution >= 4 is 11.9 Å². The predicted molar refractivity (Wildman–Crippen MR) is 298 cm³/mol. The SMILES string of the molecule is CCCCC/C=C\C/C=C\C/C=C\CCCCCCCCCOCC(COC(=O)CCCCCCCCC/C=C\CCCCCCCC)OC(=O)CCCCCCCCCCCCCCCCC. The van der Waals surface area contributed by atoms with Crippen LogP contribution in [0.1, 0.15) is 316 Å². The van der Waals surface area contributed by atoms with Crippen LogP contribution >= 0.6 is 0 Å². The van der Waals surface area contributed by atoms with E-state index in [1.54, 1.807) is 0 Å². The quantitative estimate of drug-likeness (QED) is 0.0345. The van der Waals surface area contributed by atoms with Gasteiger partial charge in [-0.05, 0) is 83.5 Å². The first-order valence-corrected chi connectivity index (χ1v) is 30.2. The van der Waals surface area contributed by atoms with Crippen LogP contribution in [-0.2, 0) is 23.8 Å². The molecule has 0 fully saturated rings. The highest BCUT2D eigenvalue weighted by molar-refractivity contribution is 5.70. The molecule has 0 bridgehead atoms. The molecule has 0 N–H and O–H groups in total. The van der Waals surface area contributed by atoms with E-state index in [0.717, 1.165) is 51.4 Å². The number of esters is 2. The topological polar surface area (TPSA) is 61.8 Å². The summed E-state index contributed by atoms with van der Waals surface area (Å²) < 4.78 is 17.5. The van der Waals surface area contributed by atoms with Crippen LogP contribution in [0.4, 0.5) is 0 Å². The van der Waals surface area contributed by atoms with Crippen molar-refractivity contribution in [2.75, 3.05) is 19.8 Å². The average molecular weight is 954 g/mol. The highest BCUT2D eigenvalue weighted by atomic mass is 16.6. The standard InChI is InChI=1S/C63H116O5/c1-4-7-10-13-16-19-22-25-28-30-31-32-34-37-40-43-46-49-52-55-58-66-59-61(68-63(65)57-54-51-48-45-42-39-35-27-24-21-18-15-12-9-6-3)60-67-62(64)56-53-50-47-44-41-38-36-33-29-26-23-20-17-14-11-8-5-2/h16,19,25-26,28-29,31-32,61H,4-15,17-18,20-24,27,30,33-60H2,1-3H3/b19-16-,28-25-,29-26-,32-31-. The third-order valence-electron chi connectivity index (χ3n) is 13.3. The van der Waals surface area contributed by atoms with Crippen LogP contribution in [0, 0.1) is 0 Å². The second kappa shape index (κ2) is 59.2. The van der Waals surface area contributed by atoms with Crippen molar-refractivity contribution in [3.63, 3.8) is 0 Å². The molecule has 0 spiro atoms. The smallest absolute Gasteiger partial charge is 0.306 e. The van der Waals surface area contributed by atoms with E-state index in [4.69, 9.17) is 14.2 Å². The van der Waals surface area contributed by atoms with Crippen molar-refractivity contribution in [3.8, 4) is 0 Å². The number of hydrogen-bond donors (Lipinski definition) is 0. The summed E-state index contributed by atoms with van der Waals surface area (Å²) in [7, 11) is 0. The minimum atomic E-state index is -0.541. The lowest BCUT2D eigenvalue weighted by molar-refractivity contribution is -0.163. The molecule has 398 valence electrons. The van der Waals surface area contributed by atoms with E-state index >= 15 is 0 Å². The normalized spacial score (nSPS) is 12.5. The molecule has 0 radical (unpaired) electrons. The summed E-state index contributed by atoms with van der Waals surface area (Å²) in [6.45, 7) is 7.83. The molecule has 0 aromatic rings. The molecule has 1 atom stereocenters. The van der Waals surface area contributed by atoms with Crippen molar-refractivity contribution in [3.05, 3.63) is 48.6 Å². The Morgan fingerprint density at radius 1 is 0.324 bits per heavy atom. The van der Waals surface area contributed by atoms with Crippen molar-refractivity contribution in [1.29, 1.82) is 0 Å². The summed E-state index contributed by atoms with van der Waals surface area (Å²) in [4.78, 5) is 25.5. The Kier molecular flexibility index (Phi) is 57.3. The third-order valence-corrected chi connectivity index (χ3v) is 13.3. The largest absolute Gasteiger partial charge is 0.462 e. The number of rotatable bonds is 56. The van der Waals surface area contributed by atoms with Gasteiger partial charge >= 0.3 is 11.9 Å². The summed E-state index contributed by atoms with van der Waals surface area (Å²) in [6, 6.07) is 0. The van der Waals surface area contributed by atoms with Gasteiger partial charge in [-0.3, -0.25) is 9.59 Å². The average Bonchev–Trinajstić information content (AvgIpc) is 3.34. The summed E-state index contributed by atoms with van der Waals surface area (Å²) in [5.41, 5.74) is 0. The molecule has 0 aliphatic rings. The van der Waals surface area contributed by atoms with Gasteiger partial charge in [-0.25, -0.2) is 0 Å². The molecule has 0 aromatic carbocycles. The van der Waals surface area contributed by atoms with Gasteiger partial charge in [0.25, 0.3) is 0 Å². The van der Waals surface area contributed by atoms with Gasteiger partial charge in [0.05, 0.1) is 6.61 Å². The van der Waals surface area contributed by atoms with Crippen LogP contribution in [0.2, 0.25) is 0 Å². The Morgan fingerprint density at radius 2 is 0.618 bits per heavy atom. The van der Waals surface area contributed by atoms with Crippen LogP contribution in [0.25, 0.3) is 0 Å². The van der Waals surface area contributed by atoms with Gasteiger partial charge in [-0.15, -0.1) is 0 Å². The molecular weight excluding hydrogens is 837 g/mol. The van der Waals surface area contributed by atoms with Crippen molar-refractivity contribution in [1.82, 2.24) is 0 Å². The molecule has 0 saturated heterocycles. The van der Waals surface area contributed by atoms with E-state index in [0.29, 0.717) is 19.4 Å². The van der Waals surface area contributed by atoms with E-state index in [1.807, 2.05) is 0 Å². The molecule has 0 rings (SSSR count). The predicted octanol–water partition coefficient (Wildman–Crippen LogP) is 20.7. The van der Waals surface area contributed by atoms with E-state index in [9.17, 15) is 9.59 Å². The maximum Gasteiger partial charge on any atom is 0.306 e. The molecule has 0 aliphatic heterocycles. The summed E-state index contributed by atoms with van der Waals surface area (Å²) in [5, 5.41) is 0. The Morgan fingerprint density at radius 3 is 1.03 bits per heavy atom. The summed E-state index contributed by atoms with van der Waals surface area (Å²) in [6.07, 6.45) is 74.2. The minimum absolute atomic E-state index is 0.0829. The van der Waals surface area contributed by atoms with Gasteiger partial charge in [0.2, 0.25) is 0 Å². The molecule has 1 unspecified atom stereocenters. The van der Waals surface area contributed by atoms with Crippen LogP contribution in [0.3, 0.4) is 0 Å². The molecule has 0 aliphatic carbocycles. The molecule has 68 heavy (non-hydrogen) atoms. The monoisotopic (exact) mass is 953 g/mol. The molecule has 5 heteroatoms. The first-order valence-electron chi connectivity index (χ1n) is 30.2. The molecule has 5 nitrogen and oxygen atoms in total. The van der Waals surface area contributed by atoms with E-state index in [1.165, 1.54) is 231 Å². The first-order chi connectivity index (χ1) is 33.6. The molecule has 0 heterocycles. The minimum Gasteiger partial charge on any atom is -0.462 e. The summed E-state index contributed by atoms with van der Waals surface area (Å²) >= 11 is 0. The van der Waals surface area contributed by atoms with Gasteiger partial charge in [0, 0.05) is 19.4 Å². The van der Waals surface area contributed by atoms with Crippen LogP contribution in [-0.4, -0.2) is 37.9 Å². The lowest BCUT2D eigenvalue weighted by Gasteiger charge is -2.18. The van der Waals surface area contributed by atoms with Crippen LogP contribution in [0.5, 0.6) is 0 Å². The Labute approximate surface area is 424 Å². The zero-order valence-corrected chi connectivity index (χ0v) is 45.9. The van der Waals surface area contributed by atoms with E-state index < -0.39 is 6.10 Å². The zero-order chi connectivity index (χ0) is 49.2. The molecule has 0 amide bonds. The second-order valence-electron chi connectivity index (χ2n) is 20.3. The van der Waals surface area contributed by atoms with Crippen molar-refractivity contribution < 1.29 is 23.8 Å². The number of carbonyl (C=O) groups excluding carboxylic acids is 2. The molecular formula is C63H116O5. The lowest BCUT2D eigenvalue weighted by Crippen LogP contribution is -2.30. The maximum absolute atomic E-state index is 12.9. The zero-order valence-electron chi connectivity index (χ0n) is 45.9. The molecule has 0 saturated carbocycles. The fourth-order valence-electron chi connectivity index (χ4n) is 8.81. The van der Waals surface area contributed by atoms with E-state index in [-0.39, 0.29) is 25.2 Å². The van der Waals surface area contributed by atoms with Crippen molar-refractivity contribution in [2.24, 2.45) is 0 Å². The maximum atomic E-state index is 12.9. The van der Waals surface area contributed by atoms with Gasteiger partial charge in [-0.2, -0.15) is 0 Å². The number of carbonyl (C=O) groups is 2. The highest BCUT2D eigenvalue weighted by Gasteiger charge is 2.17. The van der Waals surface area contributed by atoms with Crippen LogP contribution in [0.15, 0.2) is 48.6 Å². The van der Waals surface area contributed by atoms with Gasteiger partial charge in [-0.1, -0.05) is 268 Å². The fourth-order valence-corrected chi connectivity index (χ4v) is 8.81. The van der Waals surface area contributed by atoms with Crippen LogP contribution < -0.4 is 0 Å². The number of ether oxygens (including phenoxy) is 3. The number of hydrogen-bond acceptors (Lipinski definition) is 5. The van der Waals surface area contributed by atoms with Gasteiger partial charge < -0.3 is 14.2 Å². The Hall–Kier alpha value is -2.14. The third kappa shape index (κ3) is 56.4. The fraction of sp³-hybridized carbons (Fsp3) is 0.841. The summed E-state index contributed by atoms with van der Waals surface area (Å²) in [5.74, 6) is -0.390. The Balaban J connectivity index is 4.26.